The van der Waals surface area contributed by atoms with Gasteiger partial charge in [-0.1, -0.05) is 29.3 Å². The summed E-state index contributed by atoms with van der Waals surface area (Å²) in [7, 11) is 3.17. The van der Waals surface area contributed by atoms with Crippen LogP contribution >= 0.6 is 66.1 Å². The number of imide groups is 2. The van der Waals surface area contributed by atoms with E-state index in [1.807, 2.05) is 55.6 Å². The first-order valence-electron chi connectivity index (χ1n) is 17.7. The molecule has 6 atom stereocenters. The van der Waals surface area contributed by atoms with Crippen LogP contribution in [0, 0.1) is 36.0 Å². The summed E-state index contributed by atoms with van der Waals surface area (Å²) < 4.78 is 9.03. The smallest absolute Gasteiger partial charge is 0.242 e. The van der Waals surface area contributed by atoms with E-state index >= 15 is 4.79 Å². The third-order valence-electron chi connectivity index (χ3n) is 12.2. The second-order valence-corrected chi connectivity index (χ2v) is 19.0. The lowest BCUT2D eigenvalue weighted by Gasteiger charge is -2.49. The van der Waals surface area contributed by atoms with E-state index in [4.69, 9.17) is 21.4 Å². The van der Waals surface area contributed by atoms with Crippen molar-refractivity contribution in [3.05, 3.63) is 89.5 Å². The van der Waals surface area contributed by atoms with Gasteiger partial charge in [0.05, 0.1) is 46.2 Å². The van der Waals surface area contributed by atoms with Crippen LogP contribution in [0.5, 0.6) is 11.5 Å². The number of hydrogen-bond acceptors (Lipinski definition) is 9. The number of phenols is 1. The van der Waals surface area contributed by atoms with Gasteiger partial charge in [0.1, 0.15) is 11.5 Å². The second-order valence-electron chi connectivity index (χ2n) is 14.9. The highest BCUT2D eigenvalue weighted by Gasteiger charge is 2.68. The number of aromatic hydroxyl groups is 1. The van der Waals surface area contributed by atoms with Crippen LogP contribution in [0.2, 0.25) is 5.02 Å². The van der Waals surface area contributed by atoms with Gasteiger partial charge in [0.25, 0.3) is 0 Å². The molecule has 9 rings (SSSR count). The van der Waals surface area contributed by atoms with E-state index in [2.05, 4.69) is 31.9 Å². The molecule has 4 amide bonds. The number of methoxy groups -OCH3 is 1. The number of amides is 4. The highest BCUT2D eigenvalue weighted by Crippen LogP contribution is 2.65. The Hall–Kier alpha value is -3.82. The number of allylic oxidation sites excluding steroid dienone is 2. The molecule has 1 N–H and O–H groups in total. The molecule has 5 aromatic rings. The minimum atomic E-state index is -1.33. The number of halogens is 3. The monoisotopic (exact) mass is 922 g/mol. The average Bonchev–Trinajstić information content (AvgIpc) is 3.97. The van der Waals surface area contributed by atoms with Gasteiger partial charge in [-0.05, 0) is 117 Å². The van der Waals surface area contributed by atoms with Crippen LogP contribution in [0.4, 0.5) is 5.82 Å². The number of likely N-dealkylation sites (tertiary alicyclic amines) is 1. The fraction of sp³-hybridized carbons (Fsp3) is 0.325. The number of carbonyl (C=O) groups is 4. The number of rotatable bonds is 6. The van der Waals surface area contributed by atoms with Gasteiger partial charge in [-0.15, -0.1) is 22.7 Å². The quantitative estimate of drug-likeness (QED) is 0.133. The maximum absolute atomic E-state index is 15.3. The molecule has 4 aliphatic rings. The van der Waals surface area contributed by atoms with Gasteiger partial charge in [-0.25, -0.2) is 4.90 Å². The number of aromatic nitrogens is 2. The van der Waals surface area contributed by atoms with Gasteiger partial charge in [-0.3, -0.25) is 28.8 Å². The van der Waals surface area contributed by atoms with Crippen molar-refractivity contribution in [3.63, 3.8) is 0 Å². The second kappa shape index (κ2) is 13.1. The van der Waals surface area contributed by atoms with E-state index in [1.165, 1.54) is 28.2 Å². The first kappa shape index (κ1) is 36.8. The topological polar surface area (TPSA) is 122 Å². The molecule has 2 saturated heterocycles. The van der Waals surface area contributed by atoms with Crippen LogP contribution < -0.4 is 9.64 Å². The number of carbonyl (C=O) groups excluding carboxylic acids is 4. The molecule has 282 valence electrons. The molecule has 3 fully saturated rings. The standard InChI is InChI=1S/C40H33Br2ClN4O6S2/c1-17-22-12-18(43)7-10-28(22)55-35(17)26-15-29(45(3)44-26)47-37(50)25-13-23-20(8-9-21-30(23)38(51)46(36(21)49)16-19-6-5-11-54-19)31(40(25,2)39(47)52)24-14-27(53-4)34(48)33(42)32(24)41/h5-8,10-12,14-15,21,23,25,30-31,48H,9,13,16H2,1-4H3/t21-,23+,25-,30-,31+,40+/m0/s1. The number of anilines is 1. The van der Waals surface area contributed by atoms with Crippen LogP contribution in [0.25, 0.3) is 20.7 Å². The van der Waals surface area contributed by atoms with Crippen molar-refractivity contribution >= 4 is 106 Å². The number of fused-ring (bicyclic) bond motifs is 5. The first-order valence-corrected chi connectivity index (χ1v) is 21.4. The fourth-order valence-electron chi connectivity index (χ4n) is 9.55. The van der Waals surface area contributed by atoms with Crippen molar-refractivity contribution in [2.75, 3.05) is 12.0 Å². The molecule has 0 radical (unpaired) electrons. The van der Waals surface area contributed by atoms with Crippen molar-refractivity contribution < 1.29 is 29.0 Å². The summed E-state index contributed by atoms with van der Waals surface area (Å²) in [4.78, 5) is 62.9. The molecule has 3 aromatic heterocycles. The summed E-state index contributed by atoms with van der Waals surface area (Å²) in [6.45, 7) is 4.03. The average molecular weight is 925 g/mol. The fourth-order valence-corrected chi connectivity index (χ4v) is 12.5. The van der Waals surface area contributed by atoms with Gasteiger partial charge in [0, 0.05) is 38.1 Å². The summed E-state index contributed by atoms with van der Waals surface area (Å²) in [5, 5.41) is 19.3. The third-order valence-corrected chi connectivity index (χ3v) is 16.7. The molecule has 0 spiro atoms. The predicted octanol–water partition coefficient (Wildman–Crippen LogP) is 9.00. The number of aryl methyl sites for hydroxylation is 2. The van der Waals surface area contributed by atoms with Crippen molar-refractivity contribution in [1.82, 2.24) is 14.7 Å². The van der Waals surface area contributed by atoms with Crippen molar-refractivity contribution in [2.24, 2.45) is 36.1 Å². The van der Waals surface area contributed by atoms with Gasteiger partial charge in [0.2, 0.25) is 23.6 Å². The van der Waals surface area contributed by atoms with E-state index in [0.717, 1.165) is 31.0 Å². The predicted molar refractivity (Wildman–Crippen MR) is 218 cm³/mol. The lowest BCUT2D eigenvalue weighted by molar-refractivity contribution is -0.141. The molecule has 1 saturated carbocycles. The number of ether oxygens (including phenoxy) is 1. The van der Waals surface area contributed by atoms with Crippen molar-refractivity contribution in [2.45, 2.75) is 39.2 Å². The van der Waals surface area contributed by atoms with Crippen molar-refractivity contribution in [1.29, 1.82) is 0 Å². The highest BCUT2D eigenvalue weighted by atomic mass is 79.9. The Morgan fingerprint density at radius 1 is 1.05 bits per heavy atom. The van der Waals surface area contributed by atoms with E-state index < -0.39 is 40.9 Å². The van der Waals surface area contributed by atoms with Gasteiger partial charge in [-0.2, -0.15) is 5.10 Å². The van der Waals surface area contributed by atoms with Crippen LogP contribution in [-0.2, 0) is 32.8 Å². The number of thiophene rings is 2. The Balaban J connectivity index is 1.18. The Bertz CT molecular complexity index is 2550. The lowest BCUT2D eigenvalue weighted by Crippen LogP contribution is -2.49. The minimum absolute atomic E-state index is 0.123. The molecule has 2 aliphatic heterocycles. The van der Waals surface area contributed by atoms with E-state index in [0.29, 0.717) is 37.5 Å². The number of hydrogen-bond donors (Lipinski definition) is 1. The van der Waals surface area contributed by atoms with Crippen LogP contribution in [-0.4, -0.2) is 50.5 Å². The summed E-state index contributed by atoms with van der Waals surface area (Å²) in [5.41, 5.74) is 1.74. The van der Waals surface area contributed by atoms with Crippen LogP contribution in [0.1, 0.15) is 41.7 Å². The van der Waals surface area contributed by atoms with E-state index in [-0.39, 0.29) is 42.2 Å². The number of benzene rings is 2. The maximum atomic E-state index is 15.3. The Kier molecular flexibility index (Phi) is 8.78. The number of nitrogens with zero attached hydrogens (tertiary/aromatic N) is 4. The third kappa shape index (κ3) is 5.23. The molecular weight excluding hydrogens is 892 g/mol. The SMILES string of the molecule is COc1cc([C@H]2C3=CC[C@@H]4C(=O)N(Cc5cccs5)C(=O)[C@@H]4[C@@H]3C[C@H]3C(=O)N(c4cc(-c5sc6ccc(Cl)cc6c5C)nn4C)C(=O)[C@@]23C)c(Br)c(Br)c1O. The Labute approximate surface area is 346 Å². The zero-order chi connectivity index (χ0) is 38.8. The Morgan fingerprint density at radius 2 is 1.84 bits per heavy atom. The van der Waals surface area contributed by atoms with E-state index in [1.54, 1.807) is 35.2 Å². The zero-order valence-corrected chi connectivity index (χ0v) is 35.5. The molecule has 2 aromatic carbocycles. The summed E-state index contributed by atoms with van der Waals surface area (Å²) >= 11 is 16.6. The van der Waals surface area contributed by atoms with Crippen molar-refractivity contribution in [3.8, 4) is 22.1 Å². The largest absolute Gasteiger partial charge is 0.503 e. The molecular formula is C40H33Br2ClN4O6S2. The molecule has 15 heteroatoms. The minimum Gasteiger partial charge on any atom is -0.503 e. The normalized spacial score (nSPS) is 26.2. The van der Waals surface area contributed by atoms with Crippen LogP contribution in [0.15, 0.2) is 68.4 Å². The molecule has 5 heterocycles. The van der Waals surface area contributed by atoms with E-state index in [9.17, 15) is 19.5 Å². The number of phenolic OH excluding ortho intramolecular Hbond substituents is 1. The molecule has 0 bridgehead atoms. The molecule has 55 heavy (non-hydrogen) atoms. The Morgan fingerprint density at radius 3 is 2.56 bits per heavy atom. The van der Waals surface area contributed by atoms with Gasteiger partial charge >= 0.3 is 0 Å². The summed E-state index contributed by atoms with van der Waals surface area (Å²) in [6, 6.07) is 13.0. The maximum Gasteiger partial charge on any atom is 0.242 e. The molecule has 0 unspecified atom stereocenters. The molecule has 2 aliphatic carbocycles. The van der Waals surface area contributed by atoms with Crippen LogP contribution in [0.3, 0.4) is 0 Å². The summed E-state index contributed by atoms with van der Waals surface area (Å²) in [5.74, 6) is -4.19. The highest BCUT2D eigenvalue weighted by molar-refractivity contribution is 9.13. The summed E-state index contributed by atoms with van der Waals surface area (Å²) in [6.07, 6.45) is 2.54. The first-order chi connectivity index (χ1) is 26.3. The lowest BCUT2D eigenvalue weighted by atomic mass is 9.51. The molecule has 10 nitrogen and oxygen atoms in total. The van der Waals surface area contributed by atoms with Gasteiger partial charge in [0.15, 0.2) is 11.5 Å². The van der Waals surface area contributed by atoms with Gasteiger partial charge < -0.3 is 9.84 Å². The zero-order valence-electron chi connectivity index (χ0n) is 29.9.